The van der Waals surface area contributed by atoms with Gasteiger partial charge in [0.2, 0.25) is 0 Å². The summed E-state index contributed by atoms with van der Waals surface area (Å²) in [6, 6.07) is 14.5. The summed E-state index contributed by atoms with van der Waals surface area (Å²) >= 11 is 0. The van der Waals surface area contributed by atoms with Crippen LogP contribution in [-0.4, -0.2) is 26.6 Å². The third-order valence-electron chi connectivity index (χ3n) is 3.00. The Labute approximate surface area is 124 Å². The Bertz CT molecular complexity index is 590. The van der Waals surface area contributed by atoms with Crippen LogP contribution in [0.4, 0.5) is 0 Å². The van der Waals surface area contributed by atoms with Gasteiger partial charge >= 0.3 is 0 Å². The molecule has 0 spiro atoms. The van der Waals surface area contributed by atoms with Gasteiger partial charge in [0.25, 0.3) is 0 Å². The highest BCUT2D eigenvalue weighted by Gasteiger charge is 2.08. The van der Waals surface area contributed by atoms with E-state index in [0.717, 1.165) is 5.56 Å². The van der Waals surface area contributed by atoms with Crippen molar-refractivity contribution < 1.29 is 19.0 Å². The molecule has 0 heterocycles. The summed E-state index contributed by atoms with van der Waals surface area (Å²) in [5.74, 6) is 1.23. The minimum atomic E-state index is -0.0881. The van der Waals surface area contributed by atoms with Crippen LogP contribution in [0.3, 0.4) is 0 Å². The smallest absolute Gasteiger partial charge is 0.200 e. The zero-order chi connectivity index (χ0) is 15.1. The molecule has 0 aliphatic heterocycles. The van der Waals surface area contributed by atoms with Crippen molar-refractivity contribution in [3.63, 3.8) is 0 Å². The van der Waals surface area contributed by atoms with E-state index in [1.165, 1.54) is 0 Å². The molecule has 0 aliphatic rings. The Morgan fingerprint density at radius 3 is 2.43 bits per heavy atom. The van der Waals surface area contributed by atoms with Crippen LogP contribution >= 0.6 is 0 Å². The van der Waals surface area contributed by atoms with Crippen LogP contribution in [-0.2, 0) is 11.3 Å². The second-order valence-corrected chi connectivity index (χ2v) is 4.52. The molecule has 0 saturated heterocycles. The van der Waals surface area contributed by atoms with E-state index < -0.39 is 0 Å². The van der Waals surface area contributed by atoms with Gasteiger partial charge in [-0.2, -0.15) is 0 Å². The van der Waals surface area contributed by atoms with E-state index in [1.54, 1.807) is 38.5 Å². The van der Waals surface area contributed by atoms with Gasteiger partial charge in [0.15, 0.2) is 12.4 Å². The van der Waals surface area contributed by atoms with Crippen molar-refractivity contribution in [1.29, 1.82) is 0 Å². The number of methoxy groups -OCH3 is 2. The first-order chi connectivity index (χ1) is 10.2. The van der Waals surface area contributed by atoms with Gasteiger partial charge in [0.05, 0.1) is 13.7 Å². The maximum absolute atomic E-state index is 12.1. The second kappa shape index (κ2) is 7.45. The normalized spacial score (nSPS) is 10.2. The molecule has 110 valence electrons. The fourth-order valence-corrected chi connectivity index (χ4v) is 1.88. The number of benzene rings is 2. The van der Waals surface area contributed by atoms with Crippen LogP contribution in [0.5, 0.6) is 11.5 Å². The molecular weight excluding hydrogens is 268 g/mol. The fourth-order valence-electron chi connectivity index (χ4n) is 1.88. The number of hydrogen-bond acceptors (Lipinski definition) is 4. The van der Waals surface area contributed by atoms with E-state index >= 15 is 0 Å². The SMILES string of the molecule is COCc1ccc(OCC(=O)c2cccc(OC)c2)cc1. The molecular formula is C17H18O4. The maximum Gasteiger partial charge on any atom is 0.200 e. The van der Waals surface area contributed by atoms with Gasteiger partial charge in [-0.25, -0.2) is 0 Å². The van der Waals surface area contributed by atoms with E-state index in [9.17, 15) is 4.79 Å². The van der Waals surface area contributed by atoms with Gasteiger partial charge in [-0.15, -0.1) is 0 Å². The molecule has 0 saturated carbocycles. The lowest BCUT2D eigenvalue weighted by atomic mass is 10.1. The number of Topliss-reactive ketones (excluding diaryl/α,β-unsaturated/α-hetero) is 1. The monoisotopic (exact) mass is 286 g/mol. The van der Waals surface area contributed by atoms with Gasteiger partial charge in [0, 0.05) is 12.7 Å². The van der Waals surface area contributed by atoms with Crippen molar-refractivity contribution in [1.82, 2.24) is 0 Å². The Morgan fingerprint density at radius 1 is 1.00 bits per heavy atom. The van der Waals surface area contributed by atoms with Gasteiger partial charge in [-0.1, -0.05) is 24.3 Å². The molecule has 0 radical (unpaired) electrons. The molecule has 0 aliphatic carbocycles. The predicted molar refractivity (Wildman–Crippen MR) is 80.0 cm³/mol. The van der Waals surface area contributed by atoms with Gasteiger partial charge in [0.1, 0.15) is 11.5 Å². The highest BCUT2D eigenvalue weighted by atomic mass is 16.5. The first kappa shape index (κ1) is 15.1. The molecule has 0 unspecified atom stereocenters. The van der Waals surface area contributed by atoms with E-state index in [4.69, 9.17) is 14.2 Å². The maximum atomic E-state index is 12.1. The average Bonchev–Trinajstić information content (AvgIpc) is 2.54. The zero-order valence-electron chi connectivity index (χ0n) is 12.2. The average molecular weight is 286 g/mol. The van der Waals surface area contributed by atoms with Gasteiger partial charge < -0.3 is 14.2 Å². The van der Waals surface area contributed by atoms with Crippen LogP contribution in [0.1, 0.15) is 15.9 Å². The first-order valence-corrected chi connectivity index (χ1v) is 6.61. The van der Waals surface area contributed by atoms with E-state index in [2.05, 4.69) is 0 Å². The van der Waals surface area contributed by atoms with Crippen molar-refractivity contribution in [2.45, 2.75) is 6.61 Å². The third-order valence-corrected chi connectivity index (χ3v) is 3.00. The minimum absolute atomic E-state index is 0.00318. The molecule has 2 rings (SSSR count). The molecule has 2 aromatic rings. The van der Waals surface area contributed by atoms with Crippen LogP contribution < -0.4 is 9.47 Å². The highest BCUT2D eigenvalue weighted by molar-refractivity contribution is 5.97. The largest absolute Gasteiger partial charge is 0.497 e. The van der Waals surface area contributed by atoms with E-state index in [-0.39, 0.29) is 12.4 Å². The number of carbonyl (C=O) groups excluding carboxylic acids is 1. The Hall–Kier alpha value is -2.33. The Balaban J connectivity index is 1.93. The molecule has 0 amide bonds. The van der Waals surface area contributed by atoms with Crippen molar-refractivity contribution in [3.05, 3.63) is 59.7 Å². The van der Waals surface area contributed by atoms with Crippen LogP contribution in [0.25, 0.3) is 0 Å². The summed E-state index contributed by atoms with van der Waals surface area (Å²) in [6.07, 6.45) is 0. The van der Waals surface area contributed by atoms with Crippen LogP contribution in [0, 0.1) is 0 Å². The number of ether oxygens (including phenoxy) is 3. The molecule has 4 heteroatoms. The van der Waals surface area contributed by atoms with Gasteiger partial charge in [-0.05, 0) is 29.8 Å². The van der Waals surface area contributed by atoms with Crippen LogP contribution in [0.15, 0.2) is 48.5 Å². The van der Waals surface area contributed by atoms with Crippen molar-refractivity contribution in [3.8, 4) is 11.5 Å². The lowest BCUT2D eigenvalue weighted by Gasteiger charge is -2.07. The fraction of sp³-hybridized carbons (Fsp3) is 0.235. The molecule has 0 fully saturated rings. The number of hydrogen-bond donors (Lipinski definition) is 0. The lowest BCUT2D eigenvalue weighted by molar-refractivity contribution is 0.0921. The van der Waals surface area contributed by atoms with E-state index in [1.807, 2.05) is 24.3 Å². The highest BCUT2D eigenvalue weighted by Crippen LogP contribution is 2.15. The Kier molecular flexibility index (Phi) is 5.35. The summed E-state index contributed by atoms with van der Waals surface area (Å²) in [6.45, 7) is 0.555. The van der Waals surface area contributed by atoms with Crippen LogP contribution in [0.2, 0.25) is 0 Å². The lowest BCUT2D eigenvalue weighted by Crippen LogP contribution is -2.11. The summed E-state index contributed by atoms with van der Waals surface area (Å²) in [4.78, 5) is 12.1. The molecule has 0 atom stereocenters. The van der Waals surface area contributed by atoms with E-state index in [0.29, 0.717) is 23.7 Å². The summed E-state index contributed by atoms with van der Waals surface area (Å²) in [7, 11) is 3.22. The number of carbonyl (C=O) groups is 1. The molecule has 2 aromatic carbocycles. The first-order valence-electron chi connectivity index (χ1n) is 6.61. The Morgan fingerprint density at radius 2 is 1.76 bits per heavy atom. The zero-order valence-corrected chi connectivity index (χ0v) is 12.2. The topological polar surface area (TPSA) is 44.8 Å². The molecule has 0 aromatic heterocycles. The molecule has 4 nitrogen and oxygen atoms in total. The predicted octanol–water partition coefficient (Wildman–Crippen LogP) is 3.10. The summed E-state index contributed by atoms with van der Waals surface area (Å²) in [5.41, 5.74) is 1.63. The molecule has 21 heavy (non-hydrogen) atoms. The van der Waals surface area contributed by atoms with Crippen molar-refractivity contribution in [2.24, 2.45) is 0 Å². The third kappa shape index (κ3) is 4.33. The summed E-state index contributed by atoms with van der Waals surface area (Å²) in [5, 5.41) is 0. The van der Waals surface area contributed by atoms with Gasteiger partial charge in [-0.3, -0.25) is 4.79 Å². The van der Waals surface area contributed by atoms with Crippen molar-refractivity contribution >= 4 is 5.78 Å². The summed E-state index contributed by atoms with van der Waals surface area (Å²) < 4.78 is 15.6. The second-order valence-electron chi connectivity index (χ2n) is 4.52. The molecule has 0 bridgehead atoms. The number of rotatable bonds is 7. The minimum Gasteiger partial charge on any atom is -0.497 e. The number of ketones is 1. The standard InChI is InChI=1S/C17H18O4/c1-19-11-13-6-8-15(9-7-13)21-12-17(18)14-4-3-5-16(10-14)20-2/h3-10H,11-12H2,1-2H3. The quantitative estimate of drug-likeness (QED) is 0.734. The molecule has 0 N–H and O–H groups in total. The van der Waals surface area contributed by atoms with Crippen molar-refractivity contribution in [2.75, 3.05) is 20.8 Å².